The molecule has 3 aromatic rings. The lowest BCUT2D eigenvalue weighted by Crippen LogP contribution is -2.30. The number of benzene rings is 3. The first kappa shape index (κ1) is 19.9. The third kappa shape index (κ3) is 4.91. The molecule has 142 valence electrons. The lowest BCUT2D eigenvalue weighted by molar-refractivity contribution is -0.122. The summed E-state index contributed by atoms with van der Waals surface area (Å²) < 4.78 is 5.63. The predicted octanol–water partition coefficient (Wildman–Crippen LogP) is 5.63. The number of amides is 1. The van der Waals surface area contributed by atoms with Gasteiger partial charge in [-0.25, -0.2) is 0 Å². The highest BCUT2D eigenvalue weighted by Gasteiger charge is 2.20. The van der Waals surface area contributed by atoms with Crippen molar-refractivity contribution in [3.05, 3.63) is 94.0 Å². The summed E-state index contributed by atoms with van der Waals surface area (Å²) in [6.45, 7) is 1.62. The summed E-state index contributed by atoms with van der Waals surface area (Å²) >= 11 is 12.0. The van der Waals surface area contributed by atoms with Crippen molar-refractivity contribution in [2.45, 2.75) is 13.0 Å². The molecule has 28 heavy (non-hydrogen) atoms. The molecule has 0 aliphatic rings. The van der Waals surface area contributed by atoms with E-state index in [1.165, 1.54) is 6.07 Å². The van der Waals surface area contributed by atoms with Gasteiger partial charge in [0, 0.05) is 21.2 Å². The van der Waals surface area contributed by atoms with Gasteiger partial charge in [-0.05, 0) is 43.3 Å². The Morgan fingerprint density at radius 3 is 2.32 bits per heavy atom. The van der Waals surface area contributed by atoms with Gasteiger partial charge in [-0.2, -0.15) is 0 Å². The number of carbonyl (C=O) groups is 2. The Bertz CT molecular complexity index is 1010. The normalized spacial score (nSPS) is 11.5. The smallest absolute Gasteiger partial charge is 0.265 e. The topological polar surface area (TPSA) is 55.4 Å². The molecule has 0 heterocycles. The Balaban J connectivity index is 1.80. The van der Waals surface area contributed by atoms with Gasteiger partial charge >= 0.3 is 0 Å². The molecule has 0 bridgehead atoms. The fourth-order valence-corrected chi connectivity index (χ4v) is 2.94. The maximum atomic E-state index is 12.8. The third-order valence-corrected chi connectivity index (χ3v) is 4.47. The average Bonchev–Trinajstić information content (AvgIpc) is 2.69. The van der Waals surface area contributed by atoms with Crippen molar-refractivity contribution < 1.29 is 14.3 Å². The maximum absolute atomic E-state index is 12.8. The van der Waals surface area contributed by atoms with Crippen molar-refractivity contribution in [1.82, 2.24) is 0 Å². The number of rotatable bonds is 6. The first-order valence-corrected chi connectivity index (χ1v) is 9.32. The molecule has 1 amide bonds. The number of nitrogens with one attached hydrogen (secondary N) is 1. The molecule has 6 heteroatoms. The van der Waals surface area contributed by atoms with Crippen LogP contribution in [0.25, 0.3) is 0 Å². The van der Waals surface area contributed by atoms with Crippen LogP contribution in [0.5, 0.6) is 5.75 Å². The second-order valence-corrected chi connectivity index (χ2v) is 6.96. The number of halogens is 2. The molecule has 0 aliphatic carbocycles. The van der Waals surface area contributed by atoms with E-state index in [-0.39, 0.29) is 5.78 Å². The van der Waals surface area contributed by atoms with Gasteiger partial charge in [-0.3, -0.25) is 9.59 Å². The number of carbonyl (C=O) groups excluding carboxylic acids is 2. The molecule has 0 unspecified atom stereocenters. The van der Waals surface area contributed by atoms with Gasteiger partial charge in [0.2, 0.25) is 0 Å². The Hall–Kier alpha value is -2.82. The van der Waals surface area contributed by atoms with Crippen molar-refractivity contribution in [2.75, 3.05) is 5.32 Å². The molecule has 0 saturated heterocycles. The highest BCUT2D eigenvalue weighted by Crippen LogP contribution is 2.24. The van der Waals surface area contributed by atoms with Crippen LogP contribution in [0, 0.1) is 0 Å². The quantitative estimate of drug-likeness (QED) is 0.532. The van der Waals surface area contributed by atoms with Crippen LogP contribution in [0.2, 0.25) is 10.0 Å². The summed E-state index contributed by atoms with van der Waals surface area (Å²) in [6, 6.07) is 20.3. The third-order valence-electron chi connectivity index (χ3n) is 4.00. The molecule has 1 N–H and O–H groups in total. The van der Waals surface area contributed by atoms with E-state index in [1.54, 1.807) is 67.6 Å². The minimum absolute atomic E-state index is 0.234. The summed E-state index contributed by atoms with van der Waals surface area (Å²) in [6.07, 6.45) is -0.797. The summed E-state index contributed by atoms with van der Waals surface area (Å²) in [5.41, 5.74) is 1.18. The summed E-state index contributed by atoms with van der Waals surface area (Å²) in [5.74, 6) is -0.155. The van der Waals surface area contributed by atoms with E-state index in [0.717, 1.165) is 0 Å². The minimum atomic E-state index is -0.797. The molecule has 0 fully saturated rings. The predicted molar refractivity (Wildman–Crippen MR) is 111 cm³/mol. The van der Waals surface area contributed by atoms with Gasteiger partial charge in [-0.1, -0.05) is 59.6 Å². The maximum Gasteiger partial charge on any atom is 0.265 e. The molecule has 1 atom stereocenters. The van der Waals surface area contributed by atoms with Crippen LogP contribution in [-0.2, 0) is 4.79 Å². The van der Waals surface area contributed by atoms with Crippen LogP contribution in [0.1, 0.15) is 22.8 Å². The van der Waals surface area contributed by atoms with Crippen LogP contribution in [0.4, 0.5) is 5.69 Å². The van der Waals surface area contributed by atoms with Gasteiger partial charge in [0.25, 0.3) is 5.91 Å². The van der Waals surface area contributed by atoms with Crippen molar-refractivity contribution in [3.63, 3.8) is 0 Å². The fraction of sp³-hybridized carbons (Fsp3) is 0.0909. The SMILES string of the molecule is C[C@@H](Oc1cccc(Cl)c1)C(=O)Nc1ccc(Cl)cc1C(=O)c1ccccc1. The van der Waals surface area contributed by atoms with Crippen LogP contribution < -0.4 is 10.1 Å². The highest BCUT2D eigenvalue weighted by molar-refractivity contribution is 6.31. The van der Waals surface area contributed by atoms with Crippen molar-refractivity contribution in [2.24, 2.45) is 0 Å². The Kier molecular flexibility index (Phi) is 6.34. The molecule has 0 saturated carbocycles. The minimum Gasteiger partial charge on any atom is -0.481 e. The van der Waals surface area contributed by atoms with Crippen molar-refractivity contribution >= 4 is 40.6 Å². The first-order valence-electron chi connectivity index (χ1n) is 8.56. The second-order valence-electron chi connectivity index (χ2n) is 6.09. The second kappa shape index (κ2) is 8.91. The monoisotopic (exact) mass is 413 g/mol. The zero-order valence-electron chi connectivity index (χ0n) is 15.0. The standard InChI is InChI=1S/C22H17Cl2NO3/c1-14(28-18-9-5-8-16(23)12-18)22(27)25-20-11-10-17(24)13-19(20)21(26)15-6-3-2-4-7-15/h2-14H,1H3,(H,25,27)/t14-/m1/s1. The molecule has 3 aromatic carbocycles. The molecule has 0 aliphatic heterocycles. The molecule has 4 nitrogen and oxygen atoms in total. The molecular weight excluding hydrogens is 397 g/mol. The fourth-order valence-electron chi connectivity index (χ4n) is 2.59. The van der Waals surface area contributed by atoms with E-state index in [1.807, 2.05) is 6.07 Å². The van der Waals surface area contributed by atoms with Gasteiger partial charge in [0.05, 0.1) is 5.69 Å². The van der Waals surface area contributed by atoms with Crippen molar-refractivity contribution in [1.29, 1.82) is 0 Å². The lowest BCUT2D eigenvalue weighted by atomic mass is 10.0. The van der Waals surface area contributed by atoms with Crippen LogP contribution in [0.15, 0.2) is 72.8 Å². The molecular formula is C22H17Cl2NO3. The molecule has 3 rings (SSSR count). The highest BCUT2D eigenvalue weighted by atomic mass is 35.5. The molecule has 0 radical (unpaired) electrons. The van der Waals surface area contributed by atoms with Gasteiger partial charge < -0.3 is 10.1 Å². The Labute approximate surface area is 173 Å². The van der Waals surface area contributed by atoms with Gasteiger partial charge in [0.15, 0.2) is 11.9 Å². The summed E-state index contributed by atoms with van der Waals surface area (Å²) in [4.78, 5) is 25.4. The van der Waals surface area contributed by atoms with E-state index >= 15 is 0 Å². The molecule has 0 spiro atoms. The number of anilines is 1. The zero-order valence-corrected chi connectivity index (χ0v) is 16.5. The lowest BCUT2D eigenvalue weighted by Gasteiger charge is -2.16. The molecule has 0 aromatic heterocycles. The number of hydrogen-bond donors (Lipinski definition) is 1. The van der Waals surface area contributed by atoms with Crippen LogP contribution >= 0.6 is 23.2 Å². The largest absolute Gasteiger partial charge is 0.481 e. The number of ketones is 1. The van der Waals surface area contributed by atoms with Crippen LogP contribution in [0.3, 0.4) is 0 Å². The Morgan fingerprint density at radius 1 is 0.893 bits per heavy atom. The first-order chi connectivity index (χ1) is 13.4. The van der Waals surface area contributed by atoms with E-state index < -0.39 is 12.0 Å². The summed E-state index contributed by atoms with van der Waals surface area (Å²) in [5, 5.41) is 3.66. The van der Waals surface area contributed by atoms with Crippen LogP contribution in [-0.4, -0.2) is 17.8 Å². The average molecular weight is 414 g/mol. The van der Waals surface area contributed by atoms with E-state index in [9.17, 15) is 9.59 Å². The van der Waals surface area contributed by atoms with E-state index in [4.69, 9.17) is 27.9 Å². The number of hydrogen-bond acceptors (Lipinski definition) is 3. The van der Waals surface area contributed by atoms with Crippen molar-refractivity contribution in [3.8, 4) is 5.75 Å². The van der Waals surface area contributed by atoms with Gasteiger partial charge in [0.1, 0.15) is 5.75 Å². The number of ether oxygens (including phenoxy) is 1. The van der Waals surface area contributed by atoms with E-state index in [2.05, 4.69) is 5.32 Å². The zero-order chi connectivity index (χ0) is 20.1. The van der Waals surface area contributed by atoms with Gasteiger partial charge in [-0.15, -0.1) is 0 Å². The van der Waals surface area contributed by atoms with E-state index in [0.29, 0.717) is 32.6 Å². The Morgan fingerprint density at radius 2 is 1.61 bits per heavy atom. The summed E-state index contributed by atoms with van der Waals surface area (Å²) in [7, 11) is 0.